The average molecular weight is 287 g/mol. The molecular formula is C13H10Cl3N. The van der Waals surface area contributed by atoms with E-state index < -0.39 is 0 Å². The first-order valence-corrected chi connectivity index (χ1v) is 6.21. The fraction of sp³-hybridized carbons (Fsp3) is 0.0769. The van der Waals surface area contributed by atoms with Gasteiger partial charge in [-0.05, 0) is 35.9 Å². The van der Waals surface area contributed by atoms with E-state index in [2.05, 4.69) is 5.32 Å². The number of hydrogen-bond acceptors (Lipinski definition) is 1. The lowest BCUT2D eigenvalue weighted by Gasteiger charge is -2.07. The van der Waals surface area contributed by atoms with Gasteiger partial charge in [-0.1, -0.05) is 46.9 Å². The molecule has 0 aromatic heterocycles. The average Bonchev–Trinajstić information content (AvgIpc) is 2.25. The van der Waals surface area contributed by atoms with Gasteiger partial charge in [0, 0.05) is 27.3 Å². The molecule has 0 aliphatic carbocycles. The second kappa shape index (κ2) is 5.63. The van der Waals surface area contributed by atoms with Crippen molar-refractivity contribution in [1.82, 2.24) is 0 Å². The minimum atomic E-state index is 0.617. The Hall–Kier alpha value is -0.890. The molecule has 88 valence electrons. The second-order valence-corrected chi connectivity index (χ2v) is 4.95. The van der Waals surface area contributed by atoms with Gasteiger partial charge in [0.2, 0.25) is 0 Å². The number of benzene rings is 2. The van der Waals surface area contributed by atoms with Gasteiger partial charge in [-0.25, -0.2) is 0 Å². The molecule has 0 amide bonds. The van der Waals surface area contributed by atoms with E-state index >= 15 is 0 Å². The number of anilines is 1. The SMILES string of the molecule is Clc1cccc(CNc2cc(Cl)cc(Cl)c2)c1. The molecule has 0 bridgehead atoms. The molecule has 2 aromatic carbocycles. The van der Waals surface area contributed by atoms with Crippen LogP contribution < -0.4 is 5.32 Å². The van der Waals surface area contributed by atoms with Gasteiger partial charge in [-0.15, -0.1) is 0 Å². The van der Waals surface area contributed by atoms with E-state index in [1.807, 2.05) is 36.4 Å². The van der Waals surface area contributed by atoms with Gasteiger partial charge in [0.05, 0.1) is 0 Å². The summed E-state index contributed by atoms with van der Waals surface area (Å²) in [5.74, 6) is 0. The molecule has 0 heterocycles. The van der Waals surface area contributed by atoms with E-state index in [-0.39, 0.29) is 0 Å². The second-order valence-electron chi connectivity index (χ2n) is 3.64. The Morgan fingerprint density at radius 1 is 0.824 bits per heavy atom. The molecule has 2 rings (SSSR count). The van der Waals surface area contributed by atoms with Crippen molar-refractivity contribution >= 4 is 40.5 Å². The van der Waals surface area contributed by atoms with Gasteiger partial charge in [0.1, 0.15) is 0 Å². The number of hydrogen-bond donors (Lipinski definition) is 1. The summed E-state index contributed by atoms with van der Waals surface area (Å²) in [6.07, 6.45) is 0. The molecule has 4 heteroatoms. The third kappa shape index (κ3) is 3.81. The van der Waals surface area contributed by atoms with E-state index in [4.69, 9.17) is 34.8 Å². The van der Waals surface area contributed by atoms with Gasteiger partial charge in [0.25, 0.3) is 0 Å². The normalized spacial score (nSPS) is 10.3. The fourth-order valence-corrected chi connectivity index (χ4v) is 2.25. The van der Waals surface area contributed by atoms with Crippen molar-refractivity contribution in [3.05, 3.63) is 63.1 Å². The van der Waals surface area contributed by atoms with Crippen LogP contribution in [0.25, 0.3) is 0 Å². The van der Waals surface area contributed by atoms with Crippen molar-refractivity contribution in [2.24, 2.45) is 0 Å². The molecule has 0 aliphatic rings. The number of rotatable bonds is 3. The summed E-state index contributed by atoms with van der Waals surface area (Å²) in [4.78, 5) is 0. The minimum Gasteiger partial charge on any atom is -0.381 e. The molecule has 0 saturated carbocycles. The summed E-state index contributed by atoms with van der Waals surface area (Å²) in [5.41, 5.74) is 2.00. The van der Waals surface area contributed by atoms with Gasteiger partial charge >= 0.3 is 0 Å². The van der Waals surface area contributed by atoms with Crippen LogP contribution in [0.2, 0.25) is 15.1 Å². The molecule has 0 saturated heterocycles. The zero-order valence-corrected chi connectivity index (χ0v) is 11.2. The molecular weight excluding hydrogens is 277 g/mol. The Balaban J connectivity index is 2.07. The minimum absolute atomic E-state index is 0.617. The molecule has 0 spiro atoms. The van der Waals surface area contributed by atoms with Crippen molar-refractivity contribution in [3.8, 4) is 0 Å². The van der Waals surface area contributed by atoms with Crippen LogP contribution in [-0.4, -0.2) is 0 Å². The Morgan fingerprint density at radius 3 is 2.18 bits per heavy atom. The summed E-state index contributed by atoms with van der Waals surface area (Å²) < 4.78 is 0. The van der Waals surface area contributed by atoms with E-state index in [1.54, 1.807) is 6.07 Å². The van der Waals surface area contributed by atoms with E-state index in [9.17, 15) is 0 Å². The Labute approximate surface area is 115 Å². The lowest BCUT2D eigenvalue weighted by Crippen LogP contribution is -1.99. The summed E-state index contributed by atoms with van der Waals surface area (Å²) in [7, 11) is 0. The van der Waals surface area contributed by atoms with Crippen molar-refractivity contribution in [1.29, 1.82) is 0 Å². The van der Waals surface area contributed by atoms with E-state index in [0.29, 0.717) is 16.6 Å². The highest BCUT2D eigenvalue weighted by Gasteiger charge is 1.99. The maximum atomic E-state index is 5.91. The first-order valence-electron chi connectivity index (χ1n) is 5.08. The topological polar surface area (TPSA) is 12.0 Å². The summed E-state index contributed by atoms with van der Waals surface area (Å²) >= 11 is 17.7. The van der Waals surface area contributed by atoms with Crippen LogP contribution in [0.1, 0.15) is 5.56 Å². The largest absolute Gasteiger partial charge is 0.381 e. The Morgan fingerprint density at radius 2 is 1.53 bits per heavy atom. The third-order valence-electron chi connectivity index (χ3n) is 2.25. The van der Waals surface area contributed by atoms with Crippen LogP contribution >= 0.6 is 34.8 Å². The summed E-state index contributed by atoms with van der Waals surface area (Å²) in [6.45, 7) is 0.678. The van der Waals surface area contributed by atoms with Crippen LogP contribution in [0.15, 0.2) is 42.5 Å². The van der Waals surface area contributed by atoms with Gasteiger partial charge in [0.15, 0.2) is 0 Å². The van der Waals surface area contributed by atoms with E-state index in [1.165, 1.54) is 0 Å². The van der Waals surface area contributed by atoms with Crippen LogP contribution in [0, 0.1) is 0 Å². The lowest BCUT2D eigenvalue weighted by molar-refractivity contribution is 1.15. The summed E-state index contributed by atoms with van der Waals surface area (Å²) in [5, 5.41) is 5.21. The standard InChI is InChI=1S/C13H10Cl3N/c14-10-3-1-2-9(4-10)8-17-13-6-11(15)5-12(16)7-13/h1-7,17H,8H2. The number of halogens is 3. The Kier molecular flexibility index (Phi) is 4.16. The monoisotopic (exact) mass is 285 g/mol. The van der Waals surface area contributed by atoms with Crippen molar-refractivity contribution in [3.63, 3.8) is 0 Å². The predicted octanol–water partition coefficient (Wildman–Crippen LogP) is 5.26. The van der Waals surface area contributed by atoms with Crippen molar-refractivity contribution in [2.45, 2.75) is 6.54 Å². The molecule has 0 atom stereocenters. The van der Waals surface area contributed by atoms with Crippen LogP contribution in [0.3, 0.4) is 0 Å². The van der Waals surface area contributed by atoms with Crippen LogP contribution in [-0.2, 0) is 6.54 Å². The molecule has 0 fully saturated rings. The first-order chi connectivity index (χ1) is 8.13. The highest BCUT2D eigenvalue weighted by Crippen LogP contribution is 2.23. The van der Waals surface area contributed by atoms with Crippen LogP contribution in [0.5, 0.6) is 0 Å². The third-order valence-corrected chi connectivity index (χ3v) is 2.92. The maximum absolute atomic E-state index is 5.91. The molecule has 1 N–H and O–H groups in total. The van der Waals surface area contributed by atoms with Crippen molar-refractivity contribution in [2.75, 3.05) is 5.32 Å². The maximum Gasteiger partial charge on any atom is 0.0441 e. The molecule has 0 unspecified atom stereocenters. The highest BCUT2D eigenvalue weighted by molar-refractivity contribution is 6.35. The van der Waals surface area contributed by atoms with E-state index in [0.717, 1.165) is 16.3 Å². The molecule has 2 aromatic rings. The molecule has 1 nitrogen and oxygen atoms in total. The predicted molar refractivity (Wildman–Crippen MR) is 75.2 cm³/mol. The fourth-order valence-electron chi connectivity index (χ4n) is 1.51. The van der Waals surface area contributed by atoms with Crippen LogP contribution in [0.4, 0.5) is 5.69 Å². The number of nitrogens with one attached hydrogen (secondary N) is 1. The lowest BCUT2D eigenvalue weighted by atomic mass is 10.2. The van der Waals surface area contributed by atoms with Gasteiger partial charge < -0.3 is 5.32 Å². The quantitative estimate of drug-likeness (QED) is 0.811. The molecule has 0 aliphatic heterocycles. The zero-order chi connectivity index (χ0) is 12.3. The smallest absolute Gasteiger partial charge is 0.0441 e. The summed E-state index contributed by atoms with van der Waals surface area (Å²) in [6, 6.07) is 13.1. The highest BCUT2D eigenvalue weighted by atomic mass is 35.5. The molecule has 17 heavy (non-hydrogen) atoms. The molecule has 0 radical (unpaired) electrons. The first kappa shape index (κ1) is 12.6. The van der Waals surface area contributed by atoms with Crippen molar-refractivity contribution < 1.29 is 0 Å². The Bertz CT molecular complexity index is 506. The zero-order valence-electron chi connectivity index (χ0n) is 8.88. The van der Waals surface area contributed by atoms with Gasteiger partial charge in [-0.2, -0.15) is 0 Å². The van der Waals surface area contributed by atoms with Gasteiger partial charge in [-0.3, -0.25) is 0 Å².